The number of hydrogen-bond acceptors (Lipinski definition) is 5. The van der Waals surface area contributed by atoms with Crippen molar-refractivity contribution >= 4 is 22.0 Å². The first-order valence-corrected chi connectivity index (χ1v) is 14.3. The molecule has 1 aromatic carbocycles. The Morgan fingerprint density at radius 3 is 2.26 bits per heavy atom. The molecular weight excluding hydrogens is 523 g/mol. The van der Waals surface area contributed by atoms with Gasteiger partial charge in [-0.15, -0.1) is 0 Å². The van der Waals surface area contributed by atoms with Gasteiger partial charge in [0.1, 0.15) is 5.60 Å². The number of halogens is 3. The van der Waals surface area contributed by atoms with Gasteiger partial charge in [-0.3, -0.25) is 4.79 Å². The number of nitrogens with one attached hydrogen (secondary N) is 1. The highest BCUT2D eigenvalue weighted by molar-refractivity contribution is 7.89. The average molecular weight is 562 g/mol. The molecule has 2 amide bonds. The molecule has 5 atom stereocenters. The minimum atomic E-state index is -4.54. The van der Waals surface area contributed by atoms with Crippen LogP contribution in [0.5, 0.6) is 0 Å². The smallest absolute Gasteiger partial charge is 0.416 e. The van der Waals surface area contributed by atoms with Crippen LogP contribution in [0.2, 0.25) is 0 Å². The molecule has 0 radical (unpaired) electrons. The number of ether oxygens (including phenoxy) is 1. The van der Waals surface area contributed by atoms with Crippen molar-refractivity contribution in [2.45, 2.75) is 82.6 Å². The number of fused-ring (bicyclic) bond motifs is 1. The normalized spacial score (nSPS) is 24.0. The average Bonchev–Trinajstić information content (AvgIpc) is 3.39. The summed E-state index contributed by atoms with van der Waals surface area (Å²) in [4.78, 5) is 26.5. The fourth-order valence-corrected chi connectivity index (χ4v) is 6.71. The largest absolute Gasteiger partial charge is 0.444 e. The lowest BCUT2D eigenvalue weighted by molar-refractivity contribution is -0.137. The highest BCUT2D eigenvalue weighted by atomic mass is 32.2. The van der Waals surface area contributed by atoms with Gasteiger partial charge in [0.25, 0.3) is 0 Å². The van der Waals surface area contributed by atoms with E-state index in [1.54, 1.807) is 27.8 Å². The van der Waals surface area contributed by atoms with Crippen molar-refractivity contribution in [2.24, 2.45) is 17.8 Å². The molecule has 0 spiro atoms. The van der Waals surface area contributed by atoms with Crippen LogP contribution in [-0.2, 0) is 25.7 Å². The summed E-state index contributed by atoms with van der Waals surface area (Å²) in [6, 6.07) is 3.09. The fraction of sp³-hybridized carbons (Fsp3) is 0.692. The number of carbonyl (C=O) groups excluding carboxylic acids is 2. The Bertz CT molecular complexity index is 1120. The Labute approximate surface area is 222 Å². The van der Waals surface area contributed by atoms with E-state index in [0.717, 1.165) is 37.1 Å². The Hall–Kier alpha value is -2.34. The molecule has 1 saturated carbocycles. The molecule has 2 aliphatic rings. The molecule has 38 heavy (non-hydrogen) atoms. The molecule has 12 heteroatoms. The Kier molecular flexibility index (Phi) is 8.77. The van der Waals surface area contributed by atoms with E-state index in [0.29, 0.717) is 0 Å². The van der Waals surface area contributed by atoms with Crippen molar-refractivity contribution in [2.75, 3.05) is 20.1 Å². The lowest BCUT2D eigenvalue weighted by Crippen LogP contribution is -2.45. The van der Waals surface area contributed by atoms with Gasteiger partial charge in [0.2, 0.25) is 15.9 Å². The molecule has 1 aliphatic heterocycles. The van der Waals surface area contributed by atoms with Gasteiger partial charge in [-0.25, -0.2) is 13.2 Å². The summed E-state index contributed by atoms with van der Waals surface area (Å²) in [6.45, 7) is 9.57. The Balaban J connectivity index is 1.57. The van der Waals surface area contributed by atoms with Crippen molar-refractivity contribution in [3.05, 3.63) is 29.8 Å². The lowest BCUT2D eigenvalue weighted by Gasteiger charge is -2.32. The highest BCUT2D eigenvalue weighted by Crippen LogP contribution is 2.40. The molecule has 8 nitrogen and oxygen atoms in total. The molecule has 1 N–H and O–H groups in total. The van der Waals surface area contributed by atoms with Crippen LogP contribution >= 0.6 is 0 Å². The van der Waals surface area contributed by atoms with E-state index in [9.17, 15) is 31.2 Å². The zero-order chi connectivity index (χ0) is 28.6. The highest BCUT2D eigenvalue weighted by Gasteiger charge is 2.47. The third-order valence-electron chi connectivity index (χ3n) is 7.61. The van der Waals surface area contributed by atoms with E-state index >= 15 is 0 Å². The first-order chi connectivity index (χ1) is 17.4. The third-order valence-corrected chi connectivity index (χ3v) is 9.46. The van der Waals surface area contributed by atoms with E-state index in [-0.39, 0.29) is 60.2 Å². The monoisotopic (exact) mass is 561 g/mol. The molecule has 214 valence electrons. The molecule has 1 unspecified atom stereocenters. The molecule has 1 heterocycles. The number of hydrogen-bond donors (Lipinski definition) is 1. The van der Waals surface area contributed by atoms with Gasteiger partial charge in [0.15, 0.2) is 0 Å². The summed E-state index contributed by atoms with van der Waals surface area (Å²) in [5.74, 6) is -0.319. The topological polar surface area (TPSA) is 96.0 Å². The van der Waals surface area contributed by atoms with Gasteiger partial charge in [0.05, 0.1) is 10.5 Å². The summed E-state index contributed by atoms with van der Waals surface area (Å²) in [5.41, 5.74) is -1.53. The maximum Gasteiger partial charge on any atom is 0.416 e. The molecular formula is C26H38F3N3O5S. The maximum atomic E-state index is 13.1. The maximum absolute atomic E-state index is 13.1. The van der Waals surface area contributed by atoms with Gasteiger partial charge < -0.3 is 15.0 Å². The number of nitrogens with zero attached hydrogens (tertiary/aromatic N) is 2. The first-order valence-electron chi connectivity index (χ1n) is 12.8. The van der Waals surface area contributed by atoms with Crippen molar-refractivity contribution < 1.29 is 35.9 Å². The molecule has 1 aromatic rings. The standard InChI is InChI=1S/C26H38F3N3O5S/c1-16(17(2)31(6)24(34)37-25(3,4)5)13-23(33)30-22-12-7-18-14-32(15-21(18)22)38(35,36)20-10-8-19(9-11-20)26(27,28)29/h8-11,16-18,21-22H,7,12-15H2,1-6H3,(H,30,33)/t16-,17+,18-,21?,22+/m1/s1. The summed E-state index contributed by atoms with van der Waals surface area (Å²) in [7, 11) is -2.31. The van der Waals surface area contributed by atoms with Gasteiger partial charge in [-0.2, -0.15) is 17.5 Å². The number of rotatable bonds is 7. The van der Waals surface area contributed by atoms with E-state index < -0.39 is 33.5 Å². The number of amides is 2. The molecule has 1 saturated heterocycles. The zero-order valence-corrected chi connectivity index (χ0v) is 23.5. The summed E-state index contributed by atoms with van der Waals surface area (Å²) < 4.78 is 71.5. The predicted molar refractivity (Wildman–Crippen MR) is 136 cm³/mol. The van der Waals surface area contributed by atoms with Gasteiger partial charge in [-0.1, -0.05) is 6.92 Å². The number of benzene rings is 1. The van der Waals surface area contributed by atoms with Crippen molar-refractivity contribution in [1.29, 1.82) is 0 Å². The fourth-order valence-electron chi connectivity index (χ4n) is 5.18. The lowest BCUT2D eigenvalue weighted by atomic mass is 9.96. The molecule has 2 fully saturated rings. The van der Waals surface area contributed by atoms with E-state index in [2.05, 4.69) is 5.32 Å². The van der Waals surface area contributed by atoms with Gasteiger partial charge in [0, 0.05) is 38.6 Å². The Morgan fingerprint density at radius 2 is 1.71 bits per heavy atom. The van der Waals surface area contributed by atoms with Crippen LogP contribution in [0.15, 0.2) is 29.2 Å². The van der Waals surface area contributed by atoms with Gasteiger partial charge in [-0.05, 0) is 82.6 Å². The van der Waals surface area contributed by atoms with Crippen LogP contribution in [-0.4, -0.2) is 67.4 Å². The van der Waals surface area contributed by atoms with Crippen LogP contribution in [0.3, 0.4) is 0 Å². The van der Waals surface area contributed by atoms with Crippen molar-refractivity contribution in [3.8, 4) is 0 Å². The second-order valence-electron chi connectivity index (χ2n) is 11.5. The number of alkyl halides is 3. The van der Waals surface area contributed by atoms with E-state index in [4.69, 9.17) is 4.74 Å². The summed E-state index contributed by atoms with van der Waals surface area (Å²) in [6.07, 6.45) is -3.33. The Morgan fingerprint density at radius 1 is 1.11 bits per heavy atom. The molecule has 3 rings (SSSR count). The summed E-state index contributed by atoms with van der Waals surface area (Å²) in [5, 5.41) is 3.06. The minimum absolute atomic E-state index is 0.0687. The number of carbonyl (C=O) groups is 2. The van der Waals surface area contributed by atoms with Gasteiger partial charge >= 0.3 is 12.3 Å². The van der Waals surface area contributed by atoms with E-state index in [1.807, 2.05) is 13.8 Å². The third kappa shape index (κ3) is 6.99. The zero-order valence-electron chi connectivity index (χ0n) is 22.7. The van der Waals surface area contributed by atoms with Crippen molar-refractivity contribution in [1.82, 2.24) is 14.5 Å². The second kappa shape index (κ2) is 11.0. The van der Waals surface area contributed by atoms with Crippen LogP contribution in [0.25, 0.3) is 0 Å². The predicted octanol–water partition coefficient (Wildman–Crippen LogP) is 4.50. The molecule has 1 aliphatic carbocycles. The summed E-state index contributed by atoms with van der Waals surface area (Å²) >= 11 is 0. The quantitative estimate of drug-likeness (QED) is 0.529. The molecule has 0 bridgehead atoms. The van der Waals surface area contributed by atoms with Crippen LogP contribution in [0.4, 0.5) is 18.0 Å². The SMILES string of the molecule is C[C@H](CC(=O)N[C@H]1CC[C@@H]2CN(S(=O)(=O)c3ccc(C(F)(F)F)cc3)CC21)[C@H](C)N(C)C(=O)OC(C)(C)C. The van der Waals surface area contributed by atoms with Crippen LogP contribution < -0.4 is 5.32 Å². The minimum Gasteiger partial charge on any atom is -0.444 e. The first kappa shape index (κ1) is 30.2. The van der Waals surface area contributed by atoms with E-state index in [1.165, 1.54) is 9.21 Å². The van der Waals surface area contributed by atoms with Crippen LogP contribution in [0, 0.1) is 17.8 Å². The van der Waals surface area contributed by atoms with Crippen LogP contribution in [0.1, 0.15) is 59.4 Å². The number of sulfonamides is 1. The van der Waals surface area contributed by atoms with Crippen molar-refractivity contribution in [3.63, 3.8) is 0 Å². The molecule has 0 aromatic heterocycles. The second-order valence-corrected chi connectivity index (χ2v) is 13.5.